The third-order valence-electron chi connectivity index (χ3n) is 7.79. The summed E-state index contributed by atoms with van der Waals surface area (Å²) in [5.74, 6) is 0.943. The number of benzene rings is 3. The number of nitrogens with zero attached hydrogens (tertiary/aromatic N) is 6. The second kappa shape index (κ2) is 14.6. The first kappa shape index (κ1) is 34.5. The zero-order chi connectivity index (χ0) is 35.4. The molecule has 3 N–H and O–H groups in total. The number of amides is 2. The van der Waals surface area contributed by atoms with Crippen LogP contribution in [0.4, 0.5) is 15.0 Å². The Kier molecular flexibility index (Phi) is 10.1. The highest BCUT2D eigenvalue weighted by Crippen LogP contribution is 2.33. The fourth-order valence-corrected chi connectivity index (χ4v) is 6.06. The molecule has 50 heavy (non-hydrogen) atoms. The van der Waals surface area contributed by atoms with E-state index in [0.717, 1.165) is 33.3 Å². The van der Waals surface area contributed by atoms with Crippen LogP contribution in [0.5, 0.6) is 11.5 Å². The van der Waals surface area contributed by atoms with Crippen molar-refractivity contribution in [3.05, 3.63) is 108 Å². The molecule has 6 rings (SSSR count). The number of nitrogens with one attached hydrogen (secondary N) is 2. The number of phenols is 1. The molecule has 0 aliphatic carbocycles. The minimum absolute atomic E-state index is 0.0665. The summed E-state index contributed by atoms with van der Waals surface area (Å²) in [6, 6.07) is 24.5. The lowest BCUT2D eigenvalue weighted by Gasteiger charge is -2.14. The molecule has 13 heteroatoms. The van der Waals surface area contributed by atoms with Crippen molar-refractivity contribution in [1.29, 1.82) is 0 Å². The van der Waals surface area contributed by atoms with Crippen LogP contribution in [-0.4, -0.2) is 67.7 Å². The Balaban J connectivity index is 1.18. The number of carbonyl (C=O) groups is 1. The predicted octanol–water partition coefficient (Wildman–Crippen LogP) is 7.14. The molecule has 0 atom stereocenters. The van der Waals surface area contributed by atoms with Crippen molar-refractivity contribution in [2.45, 2.75) is 42.5 Å². The lowest BCUT2D eigenvalue weighted by Crippen LogP contribution is -2.29. The molecule has 0 saturated heterocycles. The van der Waals surface area contributed by atoms with Gasteiger partial charge in [-0.1, -0.05) is 56.8 Å². The van der Waals surface area contributed by atoms with Gasteiger partial charge in [0.25, 0.3) is 0 Å². The van der Waals surface area contributed by atoms with Crippen LogP contribution in [0.3, 0.4) is 0 Å². The fraction of sp³-hybridized carbons (Fsp3) is 0.243. The van der Waals surface area contributed by atoms with E-state index in [2.05, 4.69) is 46.5 Å². The summed E-state index contributed by atoms with van der Waals surface area (Å²) in [6.45, 7) is 7.82. The number of hydrogen-bond donors (Lipinski definition) is 3. The van der Waals surface area contributed by atoms with Gasteiger partial charge < -0.3 is 20.1 Å². The Morgan fingerprint density at radius 1 is 1.00 bits per heavy atom. The molecule has 0 aliphatic rings. The number of pyridine rings is 1. The molecule has 258 valence electrons. The molecule has 0 spiro atoms. The van der Waals surface area contributed by atoms with Crippen LogP contribution in [0.2, 0.25) is 0 Å². The fourth-order valence-electron chi connectivity index (χ4n) is 5.10. The van der Waals surface area contributed by atoms with Crippen molar-refractivity contribution >= 4 is 29.3 Å². The van der Waals surface area contributed by atoms with Gasteiger partial charge in [-0.25, -0.2) is 13.9 Å². The number of ether oxygens (including phenoxy) is 1. The number of hydrogen-bond acceptors (Lipinski definition) is 8. The molecule has 0 bridgehead atoms. The number of anilines is 1. The van der Waals surface area contributed by atoms with Gasteiger partial charge in [0.1, 0.15) is 29.7 Å². The maximum Gasteiger partial charge on any atom is 0.320 e. The van der Waals surface area contributed by atoms with Crippen molar-refractivity contribution < 1.29 is 19.0 Å². The maximum absolute atomic E-state index is 14.6. The van der Waals surface area contributed by atoms with E-state index in [0.29, 0.717) is 23.8 Å². The number of carbonyl (C=O) groups excluding carboxylic acids is 1. The summed E-state index contributed by atoms with van der Waals surface area (Å²) in [5.41, 5.74) is 2.93. The lowest BCUT2D eigenvalue weighted by atomic mass is 9.92. The number of urea groups is 1. The summed E-state index contributed by atoms with van der Waals surface area (Å²) in [7, 11) is 4.00. The maximum atomic E-state index is 14.6. The highest BCUT2D eigenvalue weighted by molar-refractivity contribution is 7.99. The van der Waals surface area contributed by atoms with Gasteiger partial charge in [0.2, 0.25) is 0 Å². The monoisotopic (exact) mass is 694 g/mol. The molecule has 2 amide bonds. The van der Waals surface area contributed by atoms with E-state index in [4.69, 9.17) is 9.84 Å². The largest absolute Gasteiger partial charge is 0.508 e. The highest BCUT2D eigenvalue weighted by Gasteiger charge is 2.22. The van der Waals surface area contributed by atoms with Crippen LogP contribution in [-0.2, 0) is 12.0 Å². The van der Waals surface area contributed by atoms with Gasteiger partial charge in [-0.3, -0.25) is 9.72 Å². The average molecular weight is 695 g/mol. The average Bonchev–Trinajstić information content (AvgIpc) is 3.70. The van der Waals surface area contributed by atoms with Crippen LogP contribution in [0.15, 0.2) is 101 Å². The zero-order valence-electron chi connectivity index (χ0n) is 28.5. The smallest absolute Gasteiger partial charge is 0.320 e. The number of halogens is 1. The predicted molar refractivity (Wildman–Crippen MR) is 193 cm³/mol. The summed E-state index contributed by atoms with van der Waals surface area (Å²) in [6.07, 6.45) is 1.83. The summed E-state index contributed by atoms with van der Waals surface area (Å²) in [4.78, 5) is 17.2. The van der Waals surface area contributed by atoms with Crippen LogP contribution in [0, 0.1) is 5.82 Å². The molecule has 0 fully saturated rings. The van der Waals surface area contributed by atoms with E-state index >= 15 is 0 Å². The van der Waals surface area contributed by atoms with E-state index in [1.54, 1.807) is 15.1 Å². The Morgan fingerprint density at radius 2 is 1.82 bits per heavy atom. The Bertz CT molecular complexity index is 2140. The number of phenolic OH excluding ortho intramolecular Hbond substituents is 1. The first-order chi connectivity index (χ1) is 23.9. The molecular weight excluding hydrogens is 656 g/mol. The second-order valence-corrected chi connectivity index (χ2v) is 14.1. The molecular formula is C37H39FN8O3S. The molecule has 3 aromatic carbocycles. The molecule has 3 heterocycles. The molecule has 0 aliphatic heterocycles. The topological polar surface area (TPSA) is 122 Å². The highest BCUT2D eigenvalue weighted by atomic mass is 32.2. The van der Waals surface area contributed by atoms with Crippen molar-refractivity contribution in [3.8, 4) is 28.6 Å². The van der Waals surface area contributed by atoms with Gasteiger partial charge in [-0.05, 0) is 68.2 Å². The minimum Gasteiger partial charge on any atom is -0.508 e. The van der Waals surface area contributed by atoms with Crippen molar-refractivity contribution in [2.75, 3.05) is 32.6 Å². The van der Waals surface area contributed by atoms with Crippen molar-refractivity contribution in [3.63, 3.8) is 0 Å². The van der Waals surface area contributed by atoms with Crippen molar-refractivity contribution in [2.24, 2.45) is 0 Å². The van der Waals surface area contributed by atoms with Crippen LogP contribution in [0.25, 0.3) is 22.7 Å². The molecule has 0 saturated carbocycles. The standard InChI is InChI=1S/C37H39FN8O3S/c1-37(2,3)32-21-34(46(43-32)25-10-8-11-27(19-25)49-18-17-44(4)5)40-36(48)39-22-24-9-6-7-12-31(24)50-28-14-16-33-41-42-35(45(33)23-28)29-20-26(47)13-15-30(29)38/h6-16,19-21,23,47H,17-18,22H2,1-5H3,(H2,39,40,48). The van der Waals surface area contributed by atoms with Crippen LogP contribution < -0.4 is 15.4 Å². The van der Waals surface area contributed by atoms with Crippen LogP contribution >= 0.6 is 11.8 Å². The van der Waals surface area contributed by atoms with E-state index in [-0.39, 0.29) is 35.1 Å². The Hall–Kier alpha value is -5.40. The number of rotatable bonds is 11. The van der Waals surface area contributed by atoms with Crippen molar-refractivity contribution in [1.82, 2.24) is 34.6 Å². The van der Waals surface area contributed by atoms with Gasteiger partial charge >= 0.3 is 6.03 Å². The van der Waals surface area contributed by atoms with E-state index in [1.165, 1.54) is 30.0 Å². The van der Waals surface area contributed by atoms with E-state index < -0.39 is 5.82 Å². The molecule has 6 aromatic rings. The summed E-state index contributed by atoms with van der Waals surface area (Å²) >= 11 is 1.49. The third-order valence-corrected chi connectivity index (χ3v) is 8.89. The first-order valence-corrected chi connectivity index (χ1v) is 16.9. The normalized spacial score (nSPS) is 11.7. The molecule has 11 nitrogen and oxygen atoms in total. The summed E-state index contributed by atoms with van der Waals surface area (Å²) < 4.78 is 24.0. The SMILES string of the molecule is CN(C)CCOc1cccc(-n2nc(C(C)(C)C)cc2NC(=O)NCc2ccccc2Sc2ccc3nnc(-c4cc(O)ccc4F)n3c2)c1. The van der Waals surface area contributed by atoms with Gasteiger partial charge in [0, 0.05) is 46.6 Å². The van der Waals surface area contributed by atoms with Gasteiger partial charge in [-0.2, -0.15) is 5.10 Å². The first-order valence-electron chi connectivity index (χ1n) is 16.1. The van der Waals surface area contributed by atoms with E-state index in [9.17, 15) is 14.3 Å². The quantitative estimate of drug-likeness (QED) is 0.131. The third kappa shape index (κ3) is 8.07. The Labute approximate surface area is 294 Å². The van der Waals surface area contributed by atoms with E-state index in [1.807, 2.05) is 81.0 Å². The van der Waals surface area contributed by atoms with Gasteiger partial charge in [-0.15, -0.1) is 10.2 Å². The second-order valence-electron chi connectivity index (χ2n) is 13.0. The lowest BCUT2D eigenvalue weighted by molar-refractivity contribution is 0.251. The summed E-state index contributed by atoms with van der Waals surface area (Å²) in [5, 5.41) is 29.1. The Morgan fingerprint density at radius 3 is 2.62 bits per heavy atom. The zero-order valence-corrected chi connectivity index (χ0v) is 29.3. The van der Waals surface area contributed by atoms with Gasteiger partial charge in [0.15, 0.2) is 11.5 Å². The number of aromatic hydroxyl groups is 1. The number of aromatic nitrogens is 5. The number of fused-ring (bicyclic) bond motifs is 1. The van der Waals surface area contributed by atoms with Crippen LogP contribution in [0.1, 0.15) is 32.0 Å². The minimum atomic E-state index is -0.513. The molecule has 0 radical (unpaired) electrons. The number of likely N-dealkylation sites (N-methyl/N-ethyl adjacent to an activating group) is 1. The van der Waals surface area contributed by atoms with Gasteiger partial charge in [0.05, 0.1) is 16.9 Å². The molecule has 3 aromatic heterocycles. The molecule has 0 unspecified atom stereocenters.